The Morgan fingerprint density at radius 2 is 1.77 bits per heavy atom. The lowest BCUT2D eigenvalue weighted by Crippen LogP contribution is -2.55. The number of benzene rings is 1. The zero-order valence-corrected chi connectivity index (χ0v) is 15.5. The van der Waals surface area contributed by atoms with E-state index in [1.54, 1.807) is 24.3 Å². The summed E-state index contributed by atoms with van der Waals surface area (Å²) >= 11 is 7.35. The van der Waals surface area contributed by atoms with E-state index in [2.05, 4.69) is 0 Å². The first-order chi connectivity index (χ1) is 12.3. The van der Waals surface area contributed by atoms with Gasteiger partial charge in [0.1, 0.15) is 6.04 Å². The number of aliphatic hydroxyl groups is 1. The van der Waals surface area contributed by atoms with Crippen LogP contribution in [0.2, 0.25) is 5.02 Å². The van der Waals surface area contributed by atoms with Crippen molar-refractivity contribution >= 4 is 41.1 Å². The minimum Gasteiger partial charge on any atom is -0.479 e. The van der Waals surface area contributed by atoms with Gasteiger partial charge < -0.3 is 20.0 Å². The van der Waals surface area contributed by atoms with Gasteiger partial charge in [-0.2, -0.15) is 0 Å². The molecule has 0 radical (unpaired) electrons. The number of hydrogen-bond acceptors (Lipinski definition) is 5. The topological polar surface area (TPSA) is 98.2 Å². The molecule has 2 N–H and O–H groups in total. The third-order valence-corrected chi connectivity index (χ3v) is 6.08. The number of likely N-dealkylation sites (tertiary alicyclic amines) is 1. The van der Waals surface area contributed by atoms with E-state index in [9.17, 15) is 19.5 Å². The summed E-state index contributed by atoms with van der Waals surface area (Å²) < 4.78 is 0. The summed E-state index contributed by atoms with van der Waals surface area (Å²) in [6, 6.07) is 5.93. The first-order valence-corrected chi connectivity index (χ1v) is 9.74. The minimum absolute atomic E-state index is 0.0148. The Kier molecular flexibility index (Phi) is 5.45. The lowest BCUT2D eigenvalue weighted by atomic mass is 9.91. The van der Waals surface area contributed by atoms with E-state index in [-0.39, 0.29) is 37.7 Å². The Morgan fingerprint density at radius 3 is 2.35 bits per heavy atom. The number of carboxylic acid groups (broad SMARTS) is 1. The third kappa shape index (κ3) is 3.67. The van der Waals surface area contributed by atoms with Crippen molar-refractivity contribution in [1.82, 2.24) is 9.80 Å². The van der Waals surface area contributed by atoms with Crippen LogP contribution in [0.5, 0.6) is 0 Å². The highest BCUT2D eigenvalue weighted by molar-refractivity contribution is 7.99. The number of carbonyl (C=O) groups excluding carboxylic acids is 2. The second-order valence-corrected chi connectivity index (χ2v) is 7.90. The molecule has 0 saturated carbocycles. The predicted octanol–water partition coefficient (Wildman–Crippen LogP) is 1.29. The number of carbonyl (C=O) groups is 3. The maximum Gasteiger partial charge on any atom is 0.335 e. The van der Waals surface area contributed by atoms with Crippen LogP contribution in [-0.2, 0) is 9.59 Å². The van der Waals surface area contributed by atoms with Crippen molar-refractivity contribution in [2.75, 3.05) is 24.7 Å². The van der Waals surface area contributed by atoms with E-state index in [0.717, 1.165) is 0 Å². The van der Waals surface area contributed by atoms with Crippen LogP contribution < -0.4 is 0 Å². The molecule has 1 aromatic rings. The summed E-state index contributed by atoms with van der Waals surface area (Å²) in [6.07, 6.45) is -0.0296. The Labute approximate surface area is 159 Å². The van der Waals surface area contributed by atoms with Crippen molar-refractivity contribution in [3.8, 4) is 0 Å². The average Bonchev–Trinajstić information content (AvgIpc) is 3.11. The number of hydrogen-bond donors (Lipinski definition) is 2. The van der Waals surface area contributed by atoms with Crippen LogP contribution in [0.3, 0.4) is 0 Å². The number of aliphatic carboxylic acids is 1. The van der Waals surface area contributed by atoms with Crippen molar-refractivity contribution in [2.24, 2.45) is 0 Å². The third-order valence-electron chi connectivity index (χ3n) is 4.82. The van der Waals surface area contributed by atoms with Crippen LogP contribution >= 0.6 is 23.4 Å². The van der Waals surface area contributed by atoms with E-state index in [1.165, 1.54) is 21.6 Å². The first kappa shape index (κ1) is 19.0. The number of piperidine rings is 1. The van der Waals surface area contributed by atoms with Crippen LogP contribution in [0, 0.1) is 0 Å². The van der Waals surface area contributed by atoms with Crippen molar-refractivity contribution in [3.63, 3.8) is 0 Å². The van der Waals surface area contributed by atoms with Gasteiger partial charge >= 0.3 is 5.97 Å². The Hall–Kier alpha value is -1.77. The first-order valence-electron chi connectivity index (χ1n) is 8.21. The maximum atomic E-state index is 12.9. The summed E-state index contributed by atoms with van der Waals surface area (Å²) in [4.78, 5) is 39.8. The second-order valence-electron chi connectivity index (χ2n) is 6.46. The molecule has 2 saturated heterocycles. The molecule has 7 nitrogen and oxygen atoms in total. The molecule has 9 heteroatoms. The Morgan fingerprint density at radius 1 is 1.15 bits per heavy atom. The zero-order valence-electron chi connectivity index (χ0n) is 13.9. The lowest BCUT2D eigenvalue weighted by Gasteiger charge is -2.37. The Bertz CT molecular complexity index is 718. The molecule has 0 aliphatic carbocycles. The van der Waals surface area contributed by atoms with Gasteiger partial charge in [-0.3, -0.25) is 9.59 Å². The van der Waals surface area contributed by atoms with E-state index >= 15 is 0 Å². The molecule has 1 unspecified atom stereocenters. The summed E-state index contributed by atoms with van der Waals surface area (Å²) in [6.45, 7) is 0.317. The van der Waals surface area contributed by atoms with Crippen LogP contribution in [0.4, 0.5) is 0 Å². The fourth-order valence-corrected chi connectivity index (χ4v) is 4.40. The monoisotopic (exact) mass is 398 g/mol. The summed E-state index contributed by atoms with van der Waals surface area (Å²) in [5.41, 5.74) is -1.31. The van der Waals surface area contributed by atoms with E-state index < -0.39 is 17.6 Å². The van der Waals surface area contributed by atoms with Gasteiger partial charge in [0.15, 0.2) is 5.60 Å². The highest BCUT2D eigenvalue weighted by Crippen LogP contribution is 2.28. The molecule has 2 fully saturated rings. The largest absolute Gasteiger partial charge is 0.479 e. The van der Waals surface area contributed by atoms with Gasteiger partial charge in [-0.05, 0) is 24.3 Å². The van der Waals surface area contributed by atoms with E-state index in [0.29, 0.717) is 22.2 Å². The molecule has 0 spiro atoms. The average molecular weight is 399 g/mol. The molecule has 0 aromatic heterocycles. The standard InChI is InChI=1S/C17H19ClN2O5S/c18-12-3-1-11(2-4-12)14(21)20-10-26-9-13(20)15(22)19-7-5-17(25,6-8-19)16(23)24/h1-4,13,25H,5-10H2,(H,23,24). The van der Waals surface area contributed by atoms with Gasteiger partial charge in [0, 0.05) is 42.3 Å². The summed E-state index contributed by atoms with van der Waals surface area (Å²) in [5.74, 6) is -0.780. The van der Waals surface area contributed by atoms with Crippen LogP contribution in [-0.4, -0.2) is 74.2 Å². The van der Waals surface area contributed by atoms with Gasteiger partial charge in [-0.1, -0.05) is 11.6 Å². The predicted molar refractivity (Wildman–Crippen MR) is 97.1 cm³/mol. The molecular weight excluding hydrogens is 380 g/mol. The molecule has 2 heterocycles. The molecular formula is C17H19ClN2O5S. The molecule has 0 bridgehead atoms. The zero-order chi connectivity index (χ0) is 18.9. The summed E-state index contributed by atoms with van der Waals surface area (Å²) in [5, 5.41) is 19.6. The van der Waals surface area contributed by atoms with Crippen molar-refractivity contribution < 1.29 is 24.6 Å². The smallest absolute Gasteiger partial charge is 0.335 e. The quantitative estimate of drug-likeness (QED) is 0.796. The maximum absolute atomic E-state index is 12.9. The van der Waals surface area contributed by atoms with Crippen LogP contribution in [0.15, 0.2) is 24.3 Å². The van der Waals surface area contributed by atoms with Gasteiger partial charge in [-0.15, -0.1) is 11.8 Å². The van der Waals surface area contributed by atoms with Gasteiger partial charge in [0.25, 0.3) is 5.91 Å². The van der Waals surface area contributed by atoms with Crippen molar-refractivity contribution in [2.45, 2.75) is 24.5 Å². The molecule has 26 heavy (non-hydrogen) atoms. The molecule has 2 aliphatic rings. The lowest BCUT2D eigenvalue weighted by molar-refractivity contribution is -0.165. The molecule has 1 aromatic carbocycles. The van der Waals surface area contributed by atoms with Crippen LogP contribution in [0.25, 0.3) is 0 Å². The van der Waals surface area contributed by atoms with Gasteiger partial charge in [0.2, 0.25) is 5.91 Å². The number of amides is 2. The Balaban J connectivity index is 1.68. The molecule has 1 atom stereocenters. The number of carboxylic acids is 1. The fraction of sp³-hybridized carbons (Fsp3) is 0.471. The van der Waals surface area contributed by atoms with Gasteiger partial charge in [0.05, 0.1) is 5.88 Å². The molecule has 140 valence electrons. The fourth-order valence-electron chi connectivity index (χ4n) is 3.13. The van der Waals surface area contributed by atoms with Crippen molar-refractivity contribution in [1.29, 1.82) is 0 Å². The number of halogens is 1. The van der Waals surface area contributed by atoms with Crippen molar-refractivity contribution in [3.05, 3.63) is 34.9 Å². The normalized spacial score (nSPS) is 22.3. The highest BCUT2D eigenvalue weighted by atomic mass is 35.5. The number of rotatable bonds is 3. The molecule has 3 rings (SSSR count). The highest BCUT2D eigenvalue weighted by Gasteiger charge is 2.43. The second kappa shape index (κ2) is 7.46. The molecule has 2 amide bonds. The minimum atomic E-state index is -1.78. The SMILES string of the molecule is O=C(C1CSCN1C(=O)c1ccc(Cl)cc1)N1CCC(O)(C(=O)O)CC1. The van der Waals surface area contributed by atoms with Crippen LogP contribution in [0.1, 0.15) is 23.2 Å². The molecule has 2 aliphatic heterocycles. The van der Waals surface area contributed by atoms with E-state index in [1.807, 2.05) is 0 Å². The number of thioether (sulfide) groups is 1. The van der Waals surface area contributed by atoms with Gasteiger partial charge in [-0.25, -0.2) is 4.79 Å². The van der Waals surface area contributed by atoms with E-state index in [4.69, 9.17) is 16.7 Å². The number of nitrogens with zero attached hydrogens (tertiary/aromatic N) is 2. The summed E-state index contributed by atoms with van der Waals surface area (Å²) in [7, 11) is 0.